The van der Waals surface area contributed by atoms with Gasteiger partial charge in [-0.25, -0.2) is 4.39 Å². The highest BCUT2D eigenvalue weighted by Gasteiger charge is 2.07. The quantitative estimate of drug-likeness (QED) is 0.941. The monoisotopic (exact) mass is 284 g/mol. The van der Waals surface area contributed by atoms with E-state index in [-0.39, 0.29) is 5.82 Å². The molecule has 1 N–H and O–H groups in total. The summed E-state index contributed by atoms with van der Waals surface area (Å²) in [5.74, 6) is 0.451. The van der Waals surface area contributed by atoms with Gasteiger partial charge in [-0.15, -0.1) is 10.2 Å². The number of hydrogen-bond acceptors (Lipinski definition) is 3. The van der Waals surface area contributed by atoms with Gasteiger partial charge in [0.1, 0.15) is 12.1 Å². The van der Waals surface area contributed by atoms with E-state index in [4.69, 9.17) is 0 Å². The fourth-order valence-corrected chi connectivity index (χ4v) is 1.78. The normalized spacial score (nSPS) is 10.4. The third-order valence-electron chi connectivity index (χ3n) is 2.19. The minimum Gasteiger partial charge on any atom is -0.374 e. The molecule has 0 aliphatic rings. The fraction of sp³-hybridized carbons (Fsp3) is 0.200. The van der Waals surface area contributed by atoms with Crippen molar-refractivity contribution < 1.29 is 4.39 Å². The smallest absolute Gasteiger partial charge is 0.151 e. The van der Waals surface area contributed by atoms with Crippen LogP contribution in [0.15, 0.2) is 29.0 Å². The maximum atomic E-state index is 13.4. The van der Waals surface area contributed by atoms with E-state index < -0.39 is 0 Å². The van der Waals surface area contributed by atoms with Gasteiger partial charge < -0.3 is 9.88 Å². The van der Waals surface area contributed by atoms with Gasteiger partial charge in [-0.3, -0.25) is 0 Å². The Morgan fingerprint density at radius 3 is 2.94 bits per heavy atom. The summed E-state index contributed by atoms with van der Waals surface area (Å²) in [6.45, 7) is 0.427. The molecule has 4 nitrogen and oxygen atoms in total. The zero-order chi connectivity index (χ0) is 11.5. The predicted molar refractivity (Wildman–Crippen MR) is 62.4 cm³/mol. The predicted octanol–water partition coefficient (Wildman–Crippen LogP) is 2.33. The van der Waals surface area contributed by atoms with Gasteiger partial charge >= 0.3 is 0 Å². The summed E-state index contributed by atoms with van der Waals surface area (Å²) < 4.78 is 15.9. The molecule has 2 aromatic rings. The Balaban J connectivity index is 2.14. The molecule has 84 valence electrons. The lowest BCUT2D eigenvalue weighted by Crippen LogP contribution is -2.07. The third-order valence-corrected chi connectivity index (χ3v) is 2.85. The van der Waals surface area contributed by atoms with E-state index in [0.29, 0.717) is 16.7 Å². The average molecular weight is 285 g/mol. The topological polar surface area (TPSA) is 42.7 Å². The van der Waals surface area contributed by atoms with Crippen LogP contribution in [0.1, 0.15) is 5.82 Å². The van der Waals surface area contributed by atoms with Crippen molar-refractivity contribution in [3.8, 4) is 0 Å². The van der Waals surface area contributed by atoms with Gasteiger partial charge in [0, 0.05) is 11.5 Å². The summed E-state index contributed by atoms with van der Waals surface area (Å²) in [6, 6.07) is 4.83. The summed E-state index contributed by atoms with van der Waals surface area (Å²) in [6.07, 6.45) is 1.60. The molecule has 0 saturated heterocycles. The maximum absolute atomic E-state index is 13.4. The van der Waals surface area contributed by atoms with E-state index in [1.54, 1.807) is 23.0 Å². The van der Waals surface area contributed by atoms with Crippen molar-refractivity contribution in [2.24, 2.45) is 7.05 Å². The molecule has 16 heavy (non-hydrogen) atoms. The highest BCUT2D eigenvalue weighted by atomic mass is 79.9. The molecule has 6 heteroatoms. The van der Waals surface area contributed by atoms with Crippen molar-refractivity contribution in [2.75, 3.05) is 5.32 Å². The third kappa shape index (κ3) is 2.21. The number of para-hydroxylation sites is 1. The van der Waals surface area contributed by atoms with Crippen LogP contribution in [-0.4, -0.2) is 14.8 Å². The number of nitrogens with zero attached hydrogens (tertiary/aromatic N) is 3. The van der Waals surface area contributed by atoms with Crippen molar-refractivity contribution in [1.82, 2.24) is 14.8 Å². The summed E-state index contributed by atoms with van der Waals surface area (Å²) >= 11 is 3.28. The first-order valence-corrected chi connectivity index (χ1v) is 5.48. The first kappa shape index (κ1) is 11.1. The number of anilines is 1. The van der Waals surface area contributed by atoms with Crippen LogP contribution in [0.5, 0.6) is 0 Å². The molecule has 0 aliphatic heterocycles. The highest BCUT2D eigenvalue weighted by Crippen LogP contribution is 2.25. The number of rotatable bonds is 3. The van der Waals surface area contributed by atoms with E-state index in [0.717, 1.165) is 5.82 Å². The lowest BCUT2D eigenvalue weighted by Gasteiger charge is -2.08. The van der Waals surface area contributed by atoms with Gasteiger partial charge in [-0.1, -0.05) is 6.07 Å². The second kappa shape index (κ2) is 4.61. The maximum Gasteiger partial charge on any atom is 0.151 e. The van der Waals surface area contributed by atoms with Gasteiger partial charge in [0.2, 0.25) is 0 Å². The largest absolute Gasteiger partial charge is 0.374 e. The van der Waals surface area contributed by atoms with Crippen LogP contribution in [0.3, 0.4) is 0 Å². The molecule has 0 bridgehead atoms. The minimum atomic E-state index is -0.295. The number of hydrogen-bond donors (Lipinski definition) is 1. The molecule has 1 aromatic heterocycles. The highest BCUT2D eigenvalue weighted by molar-refractivity contribution is 9.10. The number of aromatic nitrogens is 3. The second-order valence-corrected chi connectivity index (χ2v) is 4.16. The first-order chi connectivity index (χ1) is 7.68. The van der Waals surface area contributed by atoms with E-state index in [1.165, 1.54) is 6.07 Å². The molecule has 0 spiro atoms. The van der Waals surface area contributed by atoms with Crippen LogP contribution in [0.4, 0.5) is 10.1 Å². The Bertz CT molecular complexity index is 477. The van der Waals surface area contributed by atoms with Crippen LogP contribution in [0.2, 0.25) is 0 Å². The second-order valence-electron chi connectivity index (χ2n) is 3.31. The van der Waals surface area contributed by atoms with E-state index in [1.807, 2.05) is 7.05 Å². The molecule has 0 unspecified atom stereocenters. The van der Waals surface area contributed by atoms with E-state index in [2.05, 4.69) is 31.4 Å². The standard InChI is InChI=1S/C10H10BrFN4/c1-16-6-14-15-9(16)5-13-10-7(11)3-2-4-8(10)12/h2-4,6,13H,5H2,1H3. The summed E-state index contributed by atoms with van der Waals surface area (Å²) in [7, 11) is 1.84. The number of nitrogens with one attached hydrogen (secondary N) is 1. The molecule has 2 rings (SSSR count). The van der Waals surface area contributed by atoms with Gasteiger partial charge in [0.25, 0.3) is 0 Å². The number of halogens is 2. The SMILES string of the molecule is Cn1cnnc1CNc1c(F)cccc1Br. The molecular formula is C10H10BrFN4. The van der Waals surface area contributed by atoms with Gasteiger partial charge in [-0.05, 0) is 28.1 Å². The lowest BCUT2D eigenvalue weighted by atomic mass is 10.3. The lowest BCUT2D eigenvalue weighted by molar-refractivity contribution is 0.628. The molecule has 0 atom stereocenters. The zero-order valence-corrected chi connectivity index (χ0v) is 10.2. The molecule has 0 saturated carbocycles. The number of benzene rings is 1. The average Bonchev–Trinajstić information content (AvgIpc) is 2.64. The molecule has 1 aromatic carbocycles. The first-order valence-electron chi connectivity index (χ1n) is 4.69. The molecule has 0 amide bonds. The Morgan fingerprint density at radius 2 is 2.31 bits per heavy atom. The van der Waals surface area contributed by atoms with E-state index in [9.17, 15) is 4.39 Å². The van der Waals surface area contributed by atoms with Crippen molar-refractivity contribution in [3.63, 3.8) is 0 Å². The van der Waals surface area contributed by atoms with Crippen LogP contribution < -0.4 is 5.32 Å². The van der Waals surface area contributed by atoms with Crippen LogP contribution in [0.25, 0.3) is 0 Å². The van der Waals surface area contributed by atoms with Crippen molar-refractivity contribution in [1.29, 1.82) is 0 Å². The molecule has 0 fully saturated rings. The van der Waals surface area contributed by atoms with E-state index >= 15 is 0 Å². The fourth-order valence-electron chi connectivity index (χ4n) is 1.30. The molecule has 0 aliphatic carbocycles. The van der Waals surface area contributed by atoms with Crippen LogP contribution >= 0.6 is 15.9 Å². The minimum absolute atomic E-state index is 0.295. The van der Waals surface area contributed by atoms with Crippen molar-refractivity contribution in [3.05, 3.63) is 40.6 Å². The van der Waals surface area contributed by atoms with Crippen molar-refractivity contribution >= 4 is 21.6 Å². The number of aryl methyl sites for hydroxylation is 1. The summed E-state index contributed by atoms with van der Waals surface area (Å²) in [5.41, 5.74) is 0.436. The summed E-state index contributed by atoms with van der Waals surface area (Å²) in [5, 5.41) is 10.6. The Kier molecular flexibility index (Phi) is 3.19. The van der Waals surface area contributed by atoms with Gasteiger partial charge in [0.05, 0.1) is 12.2 Å². The Labute approximate surface area is 101 Å². The zero-order valence-electron chi connectivity index (χ0n) is 8.61. The molecule has 1 heterocycles. The Morgan fingerprint density at radius 1 is 1.50 bits per heavy atom. The van der Waals surface area contributed by atoms with Gasteiger partial charge in [-0.2, -0.15) is 0 Å². The van der Waals surface area contributed by atoms with Crippen LogP contribution in [0, 0.1) is 5.82 Å². The van der Waals surface area contributed by atoms with Crippen molar-refractivity contribution in [2.45, 2.75) is 6.54 Å². The van der Waals surface area contributed by atoms with Gasteiger partial charge in [0.15, 0.2) is 5.82 Å². The Hall–Kier alpha value is -1.43. The summed E-state index contributed by atoms with van der Waals surface area (Å²) in [4.78, 5) is 0. The molecular weight excluding hydrogens is 275 g/mol. The molecule has 0 radical (unpaired) electrons. The van der Waals surface area contributed by atoms with Crippen LogP contribution in [-0.2, 0) is 13.6 Å².